The minimum atomic E-state index is -0.309. The number of nitrogens with zero attached hydrogens (tertiary/aromatic N) is 4. The van der Waals surface area contributed by atoms with Crippen LogP contribution in [0.4, 0.5) is 11.8 Å². The summed E-state index contributed by atoms with van der Waals surface area (Å²) >= 11 is 0. The van der Waals surface area contributed by atoms with E-state index in [0.717, 1.165) is 13.0 Å². The number of aryl methyl sites for hydroxylation is 1. The predicted octanol–water partition coefficient (Wildman–Crippen LogP) is 1.28. The van der Waals surface area contributed by atoms with Crippen molar-refractivity contribution in [3.63, 3.8) is 0 Å². The van der Waals surface area contributed by atoms with E-state index in [2.05, 4.69) is 32.6 Å². The third kappa shape index (κ3) is 3.27. The number of pyridine rings is 1. The molecule has 0 radical (unpaired) electrons. The fraction of sp³-hybridized carbons (Fsp3) is 0.333. The number of carbonyl (C=O) groups is 1. The average Bonchev–Trinajstić information content (AvgIpc) is 2.82. The van der Waals surface area contributed by atoms with Crippen LogP contribution in [0.2, 0.25) is 0 Å². The normalized spacial score (nSPS) is 10.2. The topological polar surface area (TPSA) is 84.7 Å². The van der Waals surface area contributed by atoms with Gasteiger partial charge in [0.15, 0.2) is 0 Å². The van der Waals surface area contributed by atoms with Gasteiger partial charge in [-0.25, -0.2) is 9.67 Å². The SMILES string of the molecule is CCCNc1cccc(C(=O)Nc2ncnn2C)n1. The van der Waals surface area contributed by atoms with Gasteiger partial charge >= 0.3 is 0 Å². The lowest BCUT2D eigenvalue weighted by atomic mass is 10.3. The standard InChI is InChI=1S/C12H16N6O/c1-3-7-13-10-6-4-5-9(16-10)11(19)17-12-14-8-15-18(12)2/h4-6,8H,3,7H2,1-2H3,(H,13,16)(H,14,15,17,19). The first-order chi connectivity index (χ1) is 9.20. The maximum atomic E-state index is 12.0. The van der Waals surface area contributed by atoms with E-state index in [0.29, 0.717) is 17.5 Å². The summed E-state index contributed by atoms with van der Waals surface area (Å²) in [5.41, 5.74) is 0.337. The Morgan fingerprint density at radius 2 is 2.26 bits per heavy atom. The first-order valence-electron chi connectivity index (χ1n) is 6.07. The first-order valence-corrected chi connectivity index (χ1v) is 6.07. The lowest BCUT2D eigenvalue weighted by Crippen LogP contribution is -2.17. The number of anilines is 2. The molecule has 0 aliphatic heterocycles. The number of hydrogen-bond donors (Lipinski definition) is 2. The summed E-state index contributed by atoms with van der Waals surface area (Å²) in [4.78, 5) is 20.2. The van der Waals surface area contributed by atoms with Crippen LogP contribution in [0, 0.1) is 0 Å². The second-order valence-electron chi connectivity index (χ2n) is 4.00. The molecule has 7 nitrogen and oxygen atoms in total. The maximum Gasteiger partial charge on any atom is 0.276 e. The molecule has 0 atom stereocenters. The molecule has 0 aromatic carbocycles. The quantitative estimate of drug-likeness (QED) is 0.846. The van der Waals surface area contributed by atoms with E-state index in [4.69, 9.17) is 0 Å². The summed E-state index contributed by atoms with van der Waals surface area (Å²) in [6.45, 7) is 2.89. The molecule has 1 amide bonds. The fourth-order valence-corrected chi connectivity index (χ4v) is 1.49. The lowest BCUT2D eigenvalue weighted by Gasteiger charge is -2.06. The molecule has 2 rings (SSSR count). The van der Waals surface area contributed by atoms with Crippen molar-refractivity contribution < 1.29 is 4.79 Å². The van der Waals surface area contributed by atoms with Crippen LogP contribution in [0.3, 0.4) is 0 Å². The number of carbonyl (C=O) groups excluding carboxylic acids is 1. The molecule has 0 fully saturated rings. The molecule has 0 saturated carbocycles. The molecule has 0 aliphatic rings. The Labute approximate surface area is 111 Å². The van der Waals surface area contributed by atoms with Crippen LogP contribution in [0.5, 0.6) is 0 Å². The van der Waals surface area contributed by atoms with Gasteiger partial charge in [-0.1, -0.05) is 13.0 Å². The number of nitrogens with one attached hydrogen (secondary N) is 2. The van der Waals surface area contributed by atoms with Gasteiger partial charge in [-0.2, -0.15) is 10.1 Å². The average molecular weight is 260 g/mol. The van der Waals surface area contributed by atoms with E-state index in [1.165, 1.54) is 11.0 Å². The molecule has 0 bridgehead atoms. The van der Waals surface area contributed by atoms with Crippen LogP contribution in [0.1, 0.15) is 23.8 Å². The monoisotopic (exact) mass is 260 g/mol. The molecular formula is C12H16N6O. The van der Waals surface area contributed by atoms with Gasteiger partial charge in [0.2, 0.25) is 5.95 Å². The Kier molecular flexibility index (Phi) is 4.07. The van der Waals surface area contributed by atoms with Crippen molar-refractivity contribution in [2.75, 3.05) is 17.2 Å². The summed E-state index contributed by atoms with van der Waals surface area (Å²) in [5, 5.41) is 9.66. The fourth-order valence-electron chi connectivity index (χ4n) is 1.49. The van der Waals surface area contributed by atoms with Crippen molar-refractivity contribution in [3.05, 3.63) is 30.2 Å². The third-order valence-electron chi connectivity index (χ3n) is 2.47. The van der Waals surface area contributed by atoms with Crippen molar-refractivity contribution in [2.45, 2.75) is 13.3 Å². The Morgan fingerprint density at radius 1 is 1.42 bits per heavy atom. The van der Waals surface area contributed by atoms with Gasteiger partial charge in [-0.3, -0.25) is 10.1 Å². The Hall–Kier alpha value is -2.44. The number of rotatable bonds is 5. The van der Waals surface area contributed by atoms with Crippen LogP contribution >= 0.6 is 0 Å². The molecule has 19 heavy (non-hydrogen) atoms. The van der Waals surface area contributed by atoms with Crippen molar-refractivity contribution >= 4 is 17.7 Å². The van der Waals surface area contributed by atoms with Crippen LogP contribution in [-0.4, -0.2) is 32.2 Å². The summed E-state index contributed by atoms with van der Waals surface area (Å²) in [7, 11) is 1.70. The predicted molar refractivity (Wildman–Crippen MR) is 72.0 cm³/mol. The molecule has 0 spiro atoms. The molecule has 0 aliphatic carbocycles. The van der Waals surface area contributed by atoms with E-state index in [1.807, 2.05) is 6.07 Å². The van der Waals surface area contributed by atoms with Gasteiger partial charge in [-0.15, -0.1) is 0 Å². The van der Waals surface area contributed by atoms with Gasteiger partial charge in [0, 0.05) is 13.6 Å². The molecule has 2 N–H and O–H groups in total. The zero-order valence-corrected chi connectivity index (χ0v) is 10.9. The molecule has 7 heteroatoms. The van der Waals surface area contributed by atoms with E-state index in [-0.39, 0.29) is 5.91 Å². The molecule has 0 unspecified atom stereocenters. The number of hydrogen-bond acceptors (Lipinski definition) is 5. The highest BCUT2D eigenvalue weighted by atomic mass is 16.2. The van der Waals surface area contributed by atoms with Crippen LogP contribution in [0.25, 0.3) is 0 Å². The largest absolute Gasteiger partial charge is 0.370 e. The van der Waals surface area contributed by atoms with E-state index in [1.54, 1.807) is 19.2 Å². The second kappa shape index (κ2) is 5.94. The minimum absolute atomic E-state index is 0.309. The molecule has 2 aromatic heterocycles. The molecule has 0 saturated heterocycles. The summed E-state index contributed by atoms with van der Waals surface area (Å²) in [6.07, 6.45) is 2.37. The van der Waals surface area contributed by atoms with Gasteiger partial charge < -0.3 is 5.32 Å². The van der Waals surface area contributed by atoms with Crippen LogP contribution in [-0.2, 0) is 7.05 Å². The van der Waals surface area contributed by atoms with Crippen molar-refractivity contribution in [3.8, 4) is 0 Å². The highest BCUT2D eigenvalue weighted by molar-refractivity contribution is 6.02. The molecule has 2 aromatic rings. The number of aromatic nitrogens is 4. The van der Waals surface area contributed by atoms with E-state index in [9.17, 15) is 4.79 Å². The Bertz CT molecular complexity index is 565. The summed E-state index contributed by atoms with van der Waals surface area (Å²) in [5.74, 6) is 0.766. The van der Waals surface area contributed by atoms with Crippen LogP contribution in [0.15, 0.2) is 24.5 Å². The molecule has 100 valence electrons. The Morgan fingerprint density at radius 3 is 2.95 bits per heavy atom. The van der Waals surface area contributed by atoms with Gasteiger partial charge in [-0.05, 0) is 18.6 Å². The Balaban J connectivity index is 2.08. The van der Waals surface area contributed by atoms with E-state index < -0.39 is 0 Å². The summed E-state index contributed by atoms with van der Waals surface area (Å²) < 4.78 is 1.48. The smallest absolute Gasteiger partial charge is 0.276 e. The summed E-state index contributed by atoms with van der Waals surface area (Å²) in [6, 6.07) is 5.27. The van der Waals surface area contributed by atoms with Gasteiger partial charge in [0.25, 0.3) is 5.91 Å². The second-order valence-corrected chi connectivity index (χ2v) is 4.00. The van der Waals surface area contributed by atoms with Crippen LogP contribution < -0.4 is 10.6 Å². The zero-order valence-electron chi connectivity index (χ0n) is 10.9. The van der Waals surface area contributed by atoms with Crippen molar-refractivity contribution in [1.29, 1.82) is 0 Å². The highest BCUT2D eigenvalue weighted by Crippen LogP contribution is 2.07. The maximum absolute atomic E-state index is 12.0. The van der Waals surface area contributed by atoms with Gasteiger partial charge in [0.05, 0.1) is 0 Å². The highest BCUT2D eigenvalue weighted by Gasteiger charge is 2.11. The van der Waals surface area contributed by atoms with Gasteiger partial charge in [0.1, 0.15) is 17.8 Å². The van der Waals surface area contributed by atoms with Crippen molar-refractivity contribution in [2.24, 2.45) is 7.05 Å². The molecular weight excluding hydrogens is 244 g/mol. The van der Waals surface area contributed by atoms with E-state index >= 15 is 0 Å². The lowest BCUT2D eigenvalue weighted by molar-refractivity contribution is 0.102. The van der Waals surface area contributed by atoms with Crippen molar-refractivity contribution in [1.82, 2.24) is 19.7 Å². The number of amides is 1. The zero-order chi connectivity index (χ0) is 13.7. The minimum Gasteiger partial charge on any atom is -0.370 e. The molecule has 2 heterocycles. The third-order valence-corrected chi connectivity index (χ3v) is 2.47. The first kappa shape index (κ1) is 13.0.